The minimum absolute atomic E-state index is 0.0236. The summed E-state index contributed by atoms with van der Waals surface area (Å²) >= 11 is 0. The Balaban J connectivity index is 1.83. The van der Waals surface area contributed by atoms with Crippen molar-refractivity contribution in [3.8, 4) is 0 Å². The summed E-state index contributed by atoms with van der Waals surface area (Å²) in [5.41, 5.74) is 1.29. The highest BCUT2D eigenvalue weighted by molar-refractivity contribution is 5.60. The monoisotopic (exact) mass is 344 g/mol. The number of nitrogens with zero attached hydrogens (tertiary/aromatic N) is 1. The predicted molar refractivity (Wildman–Crippen MR) is 95.6 cm³/mol. The molecule has 2 aromatic carbocycles. The second kappa shape index (κ2) is 9.05. The van der Waals surface area contributed by atoms with Crippen LogP contribution in [0.2, 0.25) is 0 Å². The highest BCUT2D eigenvalue weighted by atomic mass is 19.1. The largest absolute Gasteiger partial charge is 0.388 e. The minimum Gasteiger partial charge on any atom is -0.388 e. The van der Waals surface area contributed by atoms with E-state index < -0.39 is 11.0 Å². The average molecular weight is 344 g/mol. The number of hydrogen-bond donors (Lipinski definition) is 2. The van der Waals surface area contributed by atoms with Crippen molar-refractivity contribution >= 4 is 11.8 Å². The number of benzene rings is 2. The van der Waals surface area contributed by atoms with Crippen LogP contribution in [0.5, 0.6) is 0 Å². The van der Waals surface area contributed by atoms with Gasteiger partial charge in [0.2, 0.25) is 0 Å². The zero-order valence-corrected chi connectivity index (χ0v) is 13.9. The lowest BCUT2D eigenvalue weighted by Crippen LogP contribution is -2.27. The van der Waals surface area contributed by atoms with Gasteiger partial charge in [0.1, 0.15) is 5.82 Å². The first kappa shape index (κ1) is 18.8. The van der Waals surface area contributed by atoms with Crippen molar-refractivity contribution in [2.24, 2.45) is 0 Å². The summed E-state index contributed by atoms with van der Waals surface area (Å²) in [5.74, 6) is -0.331. The van der Waals surface area contributed by atoms with Gasteiger partial charge in [0, 0.05) is 18.7 Å². The maximum atomic E-state index is 12.9. The smallest absolute Gasteiger partial charge is 0.276 e. The number of nitro groups is 1. The average Bonchev–Trinajstić information content (AvgIpc) is 2.59. The third-order valence-electron chi connectivity index (χ3n) is 3.85. The fourth-order valence-electron chi connectivity index (χ4n) is 2.49. The van der Waals surface area contributed by atoms with Crippen LogP contribution in [0, 0.1) is 15.9 Å². The summed E-state index contributed by atoms with van der Waals surface area (Å²) in [4.78, 5) is 10.5. The molecular weight excluding hydrogens is 323 g/mol. The molecule has 2 rings (SSSR count). The fourth-order valence-corrected chi connectivity index (χ4v) is 2.49. The van der Waals surface area contributed by atoms with Gasteiger partial charge in [-0.2, -0.15) is 0 Å². The van der Waals surface area contributed by atoms with E-state index >= 15 is 0 Å². The van der Waals surface area contributed by atoms with Crippen molar-refractivity contribution in [2.75, 3.05) is 6.54 Å². The van der Waals surface area contributed by atoms with Gasteiger partial charge < -0.3 is 10.4 Å². The number of hydrogen-bond acceptors (Lipinski definition) is 4. The normalized spacial score (nSPS) is 13.7. The maximum absolute atomic E-state index is 12.9. The first-order valence-electron chi connectivity index (χ1n) is 8.04. The van der Waals surface area contributed by atoms with E-state index in [2.05, 4.69) is 5.32 Å². The van der Waals surface area contributed by atoms with Crippen LogP contribution in [0.4, 0.5) is 10.1 Å². The molecule has 0 aromatic heterocycles. The molecule has 132 valence electrons. The van der Waals surface area contributed by atoms with Crippen molar-refractivity contribution in [1.82, 2.24) is 5.32 Å². The van der Waals surface area contributed by atoms with E-state index in [4.69, 9.17) is 0 Å². The molecule has 0 aliphatic heterocycles. The van der Waals surface area contributed by atoms with Crippen LogP contribution in [-0.2, 0) is 0 Å². The van der Waals surface area contributed by atoms with Crippen LogP contribution in [-0.4, -0.2) is 22.6 Å². The van der Waals surface area contributed by atoms with Crippen molar-refractivity contribution in [1.29, 1.82) is 0 Å². The summed E-state index contributed by atoms with van der Waals surface area (Å²) in [5, 5.41) is 24.3. The lowest BCUT2D eigenvalue weighted by Gasteiger charge is -2.17. The molecule has 0 aliphatic carbocycles. The molecule has 0 bridgehead atoms. The zero-order valence-electron chi connectivity index (χ0n) is 13.9. The molecule has 2 unspecified atom stereocenters. The standard InChI is InChI=1S/C19H21FN2O3/c1-14(13-19(23)16-8-10-17(20)11-9-16)21-12-4-6-15-5-2-3-7-18(15)22(24)25/h2-11,14,19,21,23H,12-13H2,1H3/b6-4+. The second-order valence-electron chi connectivity index (χ2n) is 5.83. The molecule has 0 saturated heterocycles. The molecule has 0 fully saturated rings. The number of rotatable bonds is 8. The summed E-state index contributed by atoms with van der Waals surface area (Å²) in [6, 6.07) is 12.4. The molecule has 2 N–H and O–H groups in total. The third-order valence-corrected chi connectivity index (χ3v) is 3.85. The van der Waals surface area contributed by atoms with Crippen LogP contribution >= 0.6 is 0 Å². The van der Waals surface area contributed by atoms with Crippen molar-refractivity contribution in [3.05, 3.63) is 81.7 Å². The number of para-hydroxylation sites is 1. The van der Waals surface area contributed by atoms with E-state index in [1.54, 1.807) is 36.4 Å². The minimum atomic E-state index is -0.678. The van der Waals surface area contributed by atoms with Crippen molar-refractivity contribution < 1.29 is 14.4 Å². The summed E-state index contributed by atoms with van der Waals surface area (Å²) in [6.45, 7) is 2.45. The van der Waals surface area contributed by atoms with Gasteiger partial charge in [0.15, 0.2) is 0 Å². The molecule has 0 amide bonds. The van der Waals surface area contributed by atoms with E-state index in [9.17, 15) is 19.6 Å². The molecule has 2 aromatic rings. The summed E-state index contributed by atoms with van der Waals surface area (Å²) < 4.78 is 12.9. The molecule has 0 aliphatic rings. The molecule has 25 heavy (non-hydrogen) atoms. The molecule has 0 heterocycles. The first-order chi connectivity index (χ1) is 12.0. The Morgan fingerprint density at radius 3 is 2.60 bits per heavy atom. The summed E-state index contributed by atoms with van der Waals surface area (Å²) in [7, 11) is 0. The SMILES string of the molecule is CC(CC(O)c1ccc(F)cc1)NC/C=C/c1ccccc1[N+](=O)[O-]. The van der Waals surface area contributed by atoms with Crippen molar-refractivity contribution in [2.45, 2.75) is 25.5 Å². The van der Waals surface area contributed by atoms with Gasteiger partial charge in [-0.05, 0) is 37.1 Å². The highest BCUT2D eigenvalue weighted by Crippen LogP contribution is 2.20. The van der Waals surface area contributed by atoms with E-state index in [0.29, 0.717) is 24.1 Å². The van der Waals surface area contributed by atoms with Gasteiger partial charge in [-0.25, -0.2) is 4.39 Å². The van der Waals surface area contributed by atoms with E-state index in [0.717, 1.165) is 0 Å². The lowest BCUT2D eigenvalue weighted by molar-refractivity contribution is -0.385. The number of nitrogens with one attached hydrogen (secondary N) is 1. The van der Waals surface area contributed by atoms with Crippen LogP contribution in [0.1, 0.15) is 30.6 Å². The Morgan fingerprint density at radius 1 is 1.24 bits per heavy atom. The van der Waals surface area contributed by atoms with E-state index in [1.165, 1.54) is 18.2 Å². The molecule has 6 heteroatoms. The molecule has 0 radical (unpaired) electrons. The van der Waals surface area contributed by atoms with Gasteiger partial charge in [0.05, 0.1) is 16.6 Å². The topological polar surface area (TPSA) is 75.4 Å². The number of aliphatic hydroxyl groups excluding tert-OH is 1. The van der Waals surface area contributed by atoms with Crippen LogP contribution in [0.3, 0.4) is 0 Å². The van der Waals surface area contributed by atoms with Crippen LogP contribution in [0.25, 0.3) is 6.08 Å². The Morgan fingerprint density at radius 2 is 1.92 bits per heavy atom. The van der Waals surface area contributed by atoms with Gasteiger partial charge >= 0.3 is 0 Å². The number of aliphatic hydroxyl groups is 1. The zero-order chi connectivity index (χ0) is 18.2. The molecule has 2 atom stereocenters. The second-order valence-corrected chi connectivity index (χ2v) is 5.83. The van der Waals surface area contributed by atoms with Gasteiger partial charge in [-0.3, -0.25) is 10.1 Å². The molecule has 0 spiro atoms. The number of nitro benzene ring substituents is 1. The third kappa shape index (κ3) is 5.77. The molecular formula is C19H21FN2O3. The maximum Gasteiger partial charge on any atom is 0.276 e. The first-order valence-corrected chi connectivity index (χ1v) is 8.04. The van der Waals surface area contributed by atoms with Crippen LogP contribution in [0.15, 0.2) is 54.6 Å². The van der Waals surface area contributed by atoms with Crippen LogP contribution < -0.4 is 5.32 Å². The van der Waals surface area contributed by atoms with Gasteiger partial charge in [0.25, 0.3) is 5.69 Å². The number of halogens is 1. The molecule has 5 nitrogen and oxygen atoms in total. The summed E-state index contributed by atoms with van der Waals surface area (Å²) in [6.07, 6.45) is 3.31. The predicted octanol–water partition coefficient (Wildman–Crippen LogP) is 3.85. The van der Waals surface area contributed by atoms with Crippen molar-refractivity contribution in [3.63, 3.8) is 0 Å². The van der Waals surface area contributed by atoms with E-state index in [1.807, 2.05) is 13.0 Å². The Bertz CT molecular complexity index is 732. The van der Waals surface area contributed by atoms with Gasteiger partial charge in [-0.15, -0.1) is 0 Å². The Labute approximate surface area is 146 Å². The quantitative estimate of drug-likeness (QED) is 0.563. The Hall–Kier alpha value is -2.57. The van der Waals surface area contributed by atoms with E-state index in [-0.39, 0.29) is 17.5 Å². The highest BCUT2D eigenvalue weighted by Gasteiger charge is 2.12. The lowest BCUT2D eigenvalue weighted by atomic mass is 10.0. The Kier molecular flexibility index (Phi) is 6.80. The van der Waals surface area contributed by atoms with Gasteiger partial charge in [-0.1, -0.05) is 36.4 Å². The molecule has 0 saturated carbocycles. The fraction of sp³-hybridized carbons (Fsp3) is 0.263.